The van der Waals surface area contributed by atoms with Crippen molar-refractivity contribution in [2.75, 3.05) is 10.6 Å². The molecule has 0 saturated carbocycles. The van der Waals surface area contributed by atoms with Gasteiger partial charge in [0.1, 0.15) is 0 Å². The Morgan fingerprint density at radius 2 is 1.43 bits per heavy atom. The van der Waals surface area contributed by atoms with Gasteiger partial charge in [-0.1, -0.05) is 126 Å². The second-order valence-corrected chi connectivity index (χ2v) is 12.0. The summed E-state index contributed by atoms with van der Waals surface area (Å²) in [6, 6.07) is 25.8. The first-order chi connectivity index (χ1) is 21.3. The number of nitrogens with one attached hydrogen (secondary N) is 3. The quantitative estimate of drug-likeness (QED) is 0.0767. The fraction of sp³-hybridized carbons (Fsp3) is 0.368. The summed E-state index contributed by atoms with van der Waals surface area (Å²) in [5.74, 6) is -1.20. The van der Waals surface area contributed by atoms with Gasteiger partial charge in [-0.25, -0.2) is 4.79 Å². The number of anilines is 2. The predicted octanol–water partition coefficient (Wildman–Crippen LogP) is 9.43. The second-order valence-electron chi connectivity index (χ2n) is 12.0. The number of aliphatic carboxylic acids is 1. The van der Waals surface area contributed by atoms with Gasteiger partial charge in [0.05, 0.1) is 11.7 Å². The number of amides is 1. The molecule has 1 amide bonds. The van der Waals surface area contributed by atoms with Crippen molar-refractivity contribution in [3.8, 4) is 0 Å². The van der Waals surface area contributed by atoms with E-state index in [1.807, 2.05) is 42.5 Å². The van der Waals surface area contributed by atoms with Gasteiger partial charge in [-0.3, -0.25) is 4.79 Å². The van der Waals surface area contributed by atoms with Crippen molar-refractivity contribution < 1.29 is 14.7 Å². The Labute approximate surface area is 262 Å². The van der Waals surface area contributed by atoms with E-state index in [-0.39, 0.29) is 6.17 Å². The first-order valence-corrected chi connectivity index (χ1v) is 16.0. The molecule has 4 rings (SSSR count). The maximum absolute atomic E-state index is 13.9. The maximum Gasteiger partial charge on any atom is 0.330 e. The summed E-state index contributed by atoms with van der Waals surface area (Å²) in [6.07, 6.45) is 7.85. The number of aryl methyl sites for hydroxylation is 1. The Bertz CT molecular complexity index is 1530. The summed E-state index contributed by atoms with van der Waals surface area (Å²) < 4.78 is 0. The first kappa shape index (κ1) is 32.6. The molecule has 6 nitrogen and oxygen atoms in total. The molecule has 0 radical (unpaired) electrons. The van der Waals surface area contributed by atoms with Crippen LogP contribution in [0, 0.1) is 6.92 Å². The summed E-state index contributed by atoms with van der Waals surface area (Å²) in [5, 5.41) is 22.2. The average Bonchev–Trinajstić information content (AvgIpc) is 3.02. The van der Waals surface area contributed by atoms with Crippen molar-refractivity contribution in [1.82, 2.24) is 5.32 Å². The van der Waals surface area contributed by atoms with E-state index in [0.717, 1.165) is 35.7 Å². The molecule has 4 aromatic rings. The van der Waals surface area contributed by atoms with Crippen LogP contribution in [-0.4, -0.2) is 23.1 Å². The Morgan fingerprint density at radius 3 is 2.11 bits per heavy atom. The maximum atomic E-state index is 13.9. The number of fused-ring (bicyclic) bond motifs is 1. The largest absolute Gasteiger partial charge is 0.479 e. The molecule has 0 aliphatic rings. The number of unbranched alkanes of at least 4 members (excludes halogenated alkanes) is 5. The van der Waals surface area contributed by atoms with Gasteiger partial charge in [0.25, 0.3) is 5.91 Å². The van der Waals surface area contributed by atoms with Crippen LogP contribution in [0.25, 0.3) is 10.8 Å². The van der Waals surface area contributed by atoms with E-state index in [1.54, 1.807) is 24.3 Å². The van der Waals surface area contributed by atoms with Gasteiger partial charge in [-0.2, -0.15) is 0 Å². The van der Waals surface area contributed by atoms with E-state index in [1.165, 1.54) is 36.8 Å². The summed E-state index contributed by atoms with van der Waals surface area (Å²) in [4.78, 5) is 26.1. The van der Waals surface area contributed by atoms with Crippen LogP contribution in [0.2, 0.25) is 0 Å². The van der Waals surface area contributed by atoms with Crippen LogP contribution in [0.5, 0.6) is 0 Å². The molecule has 2 atom stereocenters. The molecule has 0 heterocycles. The van der Waals surface area contributed by atoms with Crippen LogP contribution in [0.4, 0.5) is 11.4 Å². The van der Waals surface area contributed by atoms with Crippen molar-refractivity contribution in [2.24, 2.45) is 0 Å². The Kier molecular flexibility index (Phi) is 11.8. The van der Waals surface area contributed by atoms with E-state index < -0.39 is 17.9 Å². The third kappa shape index (κ3) is 8.62. The molecule has 0 bridgehead atoms. The first-order valence-electron chi connectivity index (χ1n) is 16.0. The van der Waals surface area contributed by atoms with E-state index in [0.29, 0.717) is 22.7 Å². The number of rotatable bonds is 16. The summed E-state index contributed by atoms with van der Waals surface area (Å²) in [7, 11) is 0. The molecule has 6 heteroatoms. The number of carboxylic acids is 1. The highest BCUT2D eigenvalue weighted by molar-refractivity contribution is 6.05. The highest BCUT2D eigenvalue weighted by atomic mass is 16.4. The number of hydrogen-bond donors (Lipinski definition) is 4. The molecule has 4 N–H and O–H groups in total. The van der Waals surface area contributed by atoms with Crippen LogP contribution in [0.3, 0.4) is 0 Å². The average molecular weight is 594 g/mol. The molecule has 4 aromatic carbocycles. The normalized spacial score (nSPS) is 12.6. The molecule has 2 unspecified atom stereocenters. The molecule has 0 aliphatic carbocycles. The minimum Gasteiger partial charge on any atom is -0.479 e. The number of carbonyl (C=O) groups excluding carboxylic acids is 1. The molecule has 0 spiro atoms. The minimum absolute atomic E-state index is 0.142. The van der Waals surface area contributed by atoms with Crippen LogP contribution < -0.4 is 16.0 Å². The van der Waals surface area contributed by atoms with Gasteiger partial charge in [0.2, 0.25) is 0 Å². The van der Waals surface area contributed by atoms with Gasteiger partial charge in [-0.05, 0) is 65.3 Å². The molecule has 232 valence electrons. The monoisotopic (exact) mass is 593 g/mol. The van der Waals surface area contributed by atoms with Crippen molar-refractivity contribution in [2.45, 2.75) is 90.8 Å². The number of carboxylic acid groups (broad SMARTS) is 1. The number of para-hydroxylation sites is 1. The predicted molar refractivity (Wildman–Crippen MR) is 183 cm³/mol. The van der Waals surface area contributed by atoms with Crippen LogP contribution in [-0.2, 0) is 4.79 Å². The molecule has 44 heavy (non-hydrogen) atoms. The Morgan fingerprint density at radius 1 is 0.773 bits per heavy atom. The molecule has 0 aliphatic heterocycles. The molecular formula is C38H47N3O3. The summed E-state index contributed by atoms with van der Waals surface area (Å²) in [5.41, 5.74) is 5.15. The second kappa shape index (κ2) is 15.9. The van der Waals surface area contributed by atoms with Crippen LogP contribution in [0.15, 0.2) is 84.9 Å². The zero-order chi connectivity index (χ0) is 31.5. The van der Waals surface area contributed by atoms with Gasteiger partial charge >= 0.3 is 5.97 Å². The van der Waals surface area contributed by atoms with Gasteiger partial charge in [0.15, 0.2) is 6.04 Å². The Hall–Kier alpha value is -4.32. The van der Waals surface area contributed by atoms with E-state index >= 15 is 0 Å². The van der Waals surface area contributed by atoms with Gasteiger partial charge in [0, 0.05) is 11.4 Å². The summed E-state index contributed by atoms with van der Waals surface area (Å²) in [6.45, 7) is 8.76. The highest BCUT2D eigenvalue weighted by Gasteiger charge is 2.25. The number of benzene rings is 4. The topological polar surface area (TPSA) is 90.5 Å². The zero-order valence-corrected chi connectivity index (χ0v) is 26.5. The lowest BCUT2D eigenvalue weighted by Gasteiger charge is -2.27. The van der Waals surface area contributed by atoms with Crippen LogP contribution in [0.1, 0.15) is 105 Å². The highest BCUT2D eigenvalue weighted by Crippen LogP contribution is 2.31. The van der Waals surface area contributed by atoms with Gasteiger partial charge < -0.3 is 21.1 Å². The third-order valence-electron chi connectivity index (χ3n) is 8.21. The van der Waals surface area contributed by atoms with Crippen LogP contribution >= 0.6 is 0 Å². The van der Waals surface area contributed by atoms with Crippen molar-refractivity contribution in [1.29, 1.82) is 0 Å². The third-order valence-corrected chi connectivity index (χ3v) is 8.21. The standard InChI is InChI=1S/C38H47N3O3/c1-5-6-7-8-9-13-23-34(40-35-27(4)17-16-22-31(35)26(2)3)39-33-25-30-21-15-14-20-29(30)24-32(33)37(42)41-36(38(43)44)28-18-11-10-12-19-28/h10-12,14-22,24-26,34,36,39-40H,5-9,13,23H2,1-4H3,(H,41,42)(H,43,44). The fourth-order valence-electron chi connectivity index (χ4n) is 5.73. The fourth-order valence-corrected chi connectivity index (χ4v) is 5.73. The summed E-state index contributed by atoms with van der Waals surface area (Å²) >= 11 is 0. The SMILES string of the molecule is CCCCCCCCC(Nc1cc2ccccc2cc1C(=O)NC(C(=O)O)c1ccccc1)Nc1c(C)cccc1C(C)C. The Balaban J connectivity index is 1.68. The molecular weight excluding hydrogens is 546 g/mol. The number of hydrogen-bond acceptors (Lipinski definition) is 4. The molecule has 0 aromatic heterocycles. The van der Waals surface area contributed by atoms with Crippen molar-refractivity contribution >= 4 is 34.0 Å². The molecule has 0 fully saturated rings. The molecule has 0 saturated heterocycles. The van der Waals surface area contributed by atoms with Gasteiger partial charge in [-0.15, -0.1) is 0 Å². The lowest BCUT2D eigenvalue weighted by molar-refractivity contribution is -0.139. The van der Waals surface area contributed by atoms with E-state index in [2.05, 4.69) is 61.8 Å². The van der Waals surface area contributed by atoms with E-state index in [9.17, 15) is 14.7 Å². The lowest BCUT2D eigenvalue weighted by Crippen LogP contribution is -2.35. The minimum atomic E-state index is -1.17. The van der Waals surface area contributed by atoms with E-state index in [4.69, 9.17) is 0 Å². The van der Waals surface area contributed by atoms with Crippen molar-refractivity contribution in [3.63, 3.8) is 0 Å². The lowest BCUT2D eigenvalue weighted by atomic mass is 9.97. The zero-order valence-electron chi connectivity index (χ0n) is 26.5. The van der Waals surface area contributed by atoms with Crippen molar-refractivity contribution in [3.05, 3.63) is 107 Å². The number of carbonyl (C=O) groups is 2. The smallest absolute Gasteiger partial charge is 0.330 e.